The zero-order valence-electron chi connectivity index (χ0n) is 18.5. The molecular weight excluding hydrogens is 430 g/mol. The number of ether oxygens (including phenoxy) is 1. The van der Waals surface area contributed by atoms with E-state index in [1.165, 1.54) is 0 Å². The number of rotatable bonds is 7. The first-order valence-corrected chi connectivity index (χ1v) is 10.7. The van der Waals surface area contributed by atoms with Crippen molar-refractivity contribution in [2.45, 2.75) is 20.1 Å². The Morgan fingerprint density at radius 3 is 2.32 bits per heavy atom. The highest BCUT2D eigenvalue weighted by atomic mass is 16.5. The summed E-state index contributed by atoms with van der Waals surface area (Å²) in [6.07, 6.45) is 10.3. The predicted octanol–water partition coefficient (Wildman–Crippen LogP) is 4.60. The van der Waals surface area contributed by atoms with E-state index in [1.54, 1.807) is 49.3 Å². The minimum atomic E-state index is -0.372. The van der Waals surface area contributed by atoms with Gasteiger partial charge in [0.05, 0.1) is 23.8 Å². The van der Waals surface area contributed by atoms with Crippen molar-refractivity contribution >= 4 is 22.7 Å². The van der Waals surface area contributed by atoms with E-state index in [-0.39, 0.29) is 11.6 Å². The molecular formula is C26H21N5O3. The van der Waals surface area contributed by atoms with Gasteiger partial charge >= 0.3 is 6.01 Å². The Morgan fingerprint density at radius 1 is 0.882 bits per heavy atom. The average molecular weight is 451 g/mol. The topological polar surface area (TPSA) is 94.2 Å². The number of pyridine rings is 3. The first kappa shape index (κ1) is 21.3. The molecule has 5 aromatic rings. The third-order valence-corrected chi connectivity index (χ3v) is 5.40. The van der Waals surface area contributed by atoms with Crippen LogP contribution in [0.5, 0.6) is 5.75 Å². The van der Waals surface area contributed by atoms with Gasteiger partial charge in [-0.3, -0.25) is 24.6 Å². The molecule has 0 N–H and O–H groups in total. The highest BCUT2D eigenvalue weighted by Crippen LogP contribution is 2.31. The quantitative estimate of drug-likeness (QED) is 0.354. The summed E-state index contributed by atoms with van der Waals surface area (Å²) in [5, 5.41) is 0.396. The molecule has 8 heteroatoms. The van der Waals surface area contributed by atoms with Gasteiger partial charge in [0.1, 0.15) is 12.4 Å². The van der Waals surface area contributed by atoms with Crippen LogP contribution in [0.15, 0.2) is 94.9 Å². The van der Waals surface area contributed by atoms with Crippen molar-refractivity contribution in [2.24, 2.45) is 0 Å². The highest BCUT2D eigenvalue weighted by molar-refractivity contribution is 5.82. The van der Waals surface area contributed by atoms with Crippen LogP contribution < -0.4 is 15.2 Å². The molecule has 0 saturated heterocycles. The second-order valence-corrected chi connectivity index (χ2v) is 7.66. The first-order valence-electron chi connectivity index (χ1n) is 10.7. The molecule has 0 atom stereocenters. The summed E-state index contributed by atoms with van der Waals surface area (Å²) in [6, 6.07) is 14.9. The molecule has 0 fully saturated rings. The Hall–Kier alpha value is -4.59. The van der Waals surface area contributed by atoms with Crippen molar-refractivity contribution in [1.82, 2.24) is 19.9 Å². The lowest BCUT2D eigenvalue weighted by Crippen LogP contribution is -2.21. The molecule has 168 valence electrons. The van der Waals surface area contributed by atoms with E-state index in [4.69, 9.17) is 9.15 Å². The molecule has 4 aromatic heterocycles. The molecule has 0 bridgehead atoms. The van der Waals surface area contributed by atoms with Gasteiger partial charge in [-0.15, -0.1) is 0 Å². The Kier molecular flexibility index (Phi) is 5.94. The maximum absolute atomic E-state index is 13.0. The van der Waals surface area contributed by atoms with Crippen molar-refractivity contribution in [3.8, 4) is 5.75 Å². The zero-order chi connectivity index (χ0) is 23.3. The van der Waals surface area contributed by atoms with Crippen molar-refractivity contribution in [2.75, 3.05) is 4.90 Å². The van der Waals surface area contributed by atoms with E-state index >= 15 is 0 Å². The fourth-order valence-electron chi connectivity index (χ4n) is 3.60. The second kappa shape index (κ2) is 9.50. The van der Waals surface area contributed by atoms with Gasteiger partial charge in [0.2, 0.25) is 0 Å². The van der Waals surface area contributed by atoms with E-state index in [1.807, 2.05) is 48.2 Å². The number of aromatic nitrogens is 4. The standard InChI is InChI=1S/C26H21N5O3/c1-18-23(33-17-20-8-13-28-14-9-20)5-4-22-24(18)34-26(30-25(22)32)31(21-3-2-10-29-15-21)16-19-6-11-27-12-7-19/h2-15H,16-17H2,1H3. The summed E-state index contributed by atoms with van der Waals surface area (Å²) in [4.78, 5) is 31.3. The SMILES string of the molecule is Cc1c(OCc2ccncc2)ccc2c(=O)nc(N(Cc3ccncc3)c3cccnc3)oc12. The van der Waals surface area contributed by atoms with Gasteiger partial charge in [0.25, 0.3) is 5.56 Å². The minimum Gasteiger partial charge on any atom is -0.488 e. The highest BCUT2D eigenvalue weighted by Gasteiger charge is 2.19. The van der Waals surface area contributed by atoms with Crippen molar-refractivity contribution in [3.63, 3.8) is 0 Å². The van der Waals surface area contributed by atoms with Crippen LogP contribution in [0.3, 0.4) is 0 Å². The Bertz CT molecular complexity index is 1460. The fourth-order valence-corrected chi connectivity index (χ4v) is 3.60. The van der Waals surface area contributed by atoms with E-state index in [9.17, 15) is 4.79 Å². The van der Waals surface area contributed by atoms with E-state index in [2.05, 4.69) is 19.9 Å². The Labute approximate surface area is 195 Å². The van der Waals surface area contributed by atoms with Crippen LogP contribution in [-0.2, 0) is 13.2 Å². The second-order valence-electron chi connectivity index (χ2n) is 7.66. The molecule has 0 aliphatic carbocycles. The summed E-state index contributed by atoms with van der Waals surface area (Å²) in [5.74, 6) is 0.631. The van der Waals surface area contributed by atoms with Crippen LogP contribution in [0.2, 0.25) is 0 Å². The summed E-state index contributed by atoms with van der Waals surface area (Å²) in [7, 11) is 0. The third-order valence-electron chi connectivity index (χ3n) is 5.40. The summed E-state index contributed by atoms with van der Waals surface area (Å²) in [5.41, 5.74) is 3.51. The number of anilines is 2. The smallest absolute Gasteiger partial charge is 0.306 e. The molecule has 34 heavy (non-hydrogen) atoms. The number of hydrogen-bond acceptors (Lipinski definition) is 8. The lowest BCUT2D eigenvalue weighted by Gasteiger charge is -2.22. The van der Waals surface area contributed by atoms with Gasteiger partial charge < -0.3 is 9.15 Å². The molecule has 0 unspecified atom stereocenters. The lowest BCUT2D eigenvalue weighted by atomic mass is 10.1. The van der Waals surface area contributed by atoms with E-state index in [0.29, 0.717) is 29.9 Å². The molecule has 0 radical (unpaired) electrons. The minimum absolute atomic E-state index is 0.177. The predicted molar refractivity (Wildman–Crippen MR) is 128 cm³/mol. The van der Waals surface area contributed by atoms with Gasteiger partial charge in [0.15, 0.2) is 5.58 Å². The van der Waals surface area contributed by atoms with Crippen LogP contribution >= 0.6 is 0 Å². The van der Waals surface area contributed by atoms with Gasteiger partial charge in [-0.05, 0) is 66.6 Å². The molecule has 1 aromatic carbocycles. The van der Waals surface area contributed by atoms with E-state index < -0.39 is 0 Å². The maximum Gasteiger partial charge on any atom is 0.306 e. The van der Waals surface area contributed by atoms with Crippen molar-refractivity contribution in [3.05, 3.63) is 113 Å². The molecule has 0 saturated carbocycles. The van der Waals surface area contributed by atoms with Crippen LogP contribution in [0.25, 0.3) is 11.0 Å². The molecule has 0 aliphatic heterocycles. The van der Waals surface area contributed by atoms with Crippen LogP contribution in [0, 0.1) is 6.92 Å². The first-order chi connectivity index (χ1) is 16.7. The molecule has 4 heterocycles. The van der Waals surface area contributed by atoms with Crippen LogP contribution in [0.4, 0.5) is 11.7 Å². The maximum atomic E-state index is 13.0. The number of fused-ring (bicyclic) bond motifs is 1. The summed E-state index contributed by atoms with van der Waals surface area (Å²) < 4.78 is 12.2. The van der Waals surface area contributed by atoms with Crippen molar-refractivity contribution < 1.29 is 9.15 Å². The van der Waals surface area contributed by atoms with Gasteiger partial charge in [-0.1, -0.05) is 0 Å². The number of hydrogen-bond donors (Lipinski definition) is 0. The molecule has 0 amide bonds. The number of aryl methyl sites for hydroxylation is 1. The van der Waals surface area contributed by atoms with E-state index in [0.717, 1.165) is 22.4 Å². The Morgan fingerprint density at radius 2 is 1.62 bits per heavy atom. The monoisotopic (exact) mass is 451 g/mol. The molecule has 8 nitrogen and oxygen atoms in total. The summed E-state index contributed by atoms with van der Waals surface area (Å²) >= 11 is 0. The largest absolute Gasteiger partial charge is 0.488 e. The third kappa shape index (κ3) is 4.47. The normalized spacial score (nSPS) is 10.9. The van der Waals surface area contributed by atoms with Crippen LogP contribution in [0.1, 0.15) is 16.7 Å². The van der Waals surface area contributed by atoms with Gasteiger partial charge in [0, 0.05) is 36.5 Å². The Balaban J connectivity index is 1.56. The lowest BCUT2D eigenvalue weighted by molar-refractivity contribution is 0.304. The molecule has 0 spiro atoms. The van der Waals surface area contributed by atoms with Crippen LogP contribution in [-0.4, -0.2) is 19.9 Å². The molecule has 0 aliphatic rings. The fraction of sp³-hybridized carbons (Fsp3) is 0.115. The van der Waals surface area contributed by atoms with Gasteiger partial charge in [-0.2, -0.15) is 4.98 Å². The molecule has 5 rings (SSSR count). The number of nitrogens with zero attached hydrogens (tertiary/aromatic N) is 5. The number of benzene rings is 1. The average Bonchev–Trinajstić information content (AvgIpc) is 2.89. The van der Waals surface area contributed by atoms with Gasteiger partial charge in [-0.25, -0.2) is 0 Å². The van der Waals surface area contributed by atoms with Crippen molar-refractivity contribution in [1.29, 1.82) is 0 Å². The summed E-state index contributed by atoms with van der Waals surface area (Å²) in [6.45, 7) is 2.67. The zero-order valence-corrected chi connectivity index (χ0v) is 18.5.